The molecule has 0 saturated carbocycles. The molecule has 18 heavy (non-hydrogen) atoms. The van der Waals surface area contributed by atoms with Crippen LogP contribution in [0.2, 0.25) is 5.02 Å². The van der Waals surface area contributed by atoms with Crippen LogP contribution in [-0.4, -0.2) is 28.8 Å². The Labute approximate surface area is 111 Å². The number of rotatable bonds is 2. The molecule has 1 unspecified atom stereocenters. The third-order valence-electron chi connectivity index (χ3n) is 3.38. The Hall–Kier alpha value is -1.07. The molecule has 2 aromatic rings. The average Bonchev–Trinajstić information content (AvgIpc) is 2.84. The molecule has 1 aliphatic heterocycles. The third kappa shape index (κ3) is 2.01. The van der Waals surface area contributed by atoms with E-state index in [0.29, 0.717) is 22.8 Å². The molecular weight excluding hydrogens is 272 g/mol. The van der Waals surface area contributed by atoms with Gasteiger partial charge < -0.3 is 4.40 Å². The van der Waals surface area contributed by atoms with Gasteiger partial charge >= 0.3 is 0 Å². The van der Waals surface area contributed by atoms with Crippen molar-refractivity contribution in [2.75, 3.05) is 5.75 Å². The van der Waals surface area contributed by atoms with E-state index >= 15 is 0 Å². The molecule has 1 saturated heterocycles. The second-order valence-corrected chi connectivity index (χ2v) is 7.46. The Morgan fingerprint density at radius 1 is 1.50 bits per heavy atom. The van der Waals surface area contributed by atoms with E-state index in [1.165, 1.54) is 0 Å². The topological polar surface area (TPSA) is 51.4 Å². The molecule has 0 spiro atoms. The van der Waals surface area contributed by atoms with Crippen molar-refractivity contribution in [1.29, 1.82) is 0 Å². The monoisotopic (exact) mass is 284 g/mol. The zero-order chi connectivity index (χ0) is 12.8. The number of nitrogens with zero attached hydrogens (tertiary/aromatic N) is 2. The highest BCUT2D eigenvalue weighted by Gasteiger charge is 2.31. The largest absolute Gasteiger partial charge is 0.306 e. The molecule has 3 rings (SSSR count). The molecule has 1 atom stereocenters. The fourth-order valence-corrected chi connectivity index (χ4v) is 4.51. The Balaban J connectivity index is 1.94. The lowest BCUT2D eigenvalue weighted by molar-refractivity contribution is 0.587. The molecule has 0 aromatic carbocycles. The molecule has 3 heterocycles. The van der Waals surface area contributed by atoms with Crippen molar-refractivity contribution in [1.82, 2.24) is 9.38 Å². The summed E-state index contributed by atoms with van der Waals surface area (Å²) < 4.78 is 25.4. The first-order valence-electron chi connectivity index (χ1n) is 5.90. The fraction of sp³-hybridized carbons (Fsp3) is 0.417. The molecule has 0 bridgehead atoms. The van der Waals surface area contributed by atoms with Crippen LogP contribution in [0.1, 0.15) is 18.5 Å². The van der Waals surface area contributed by atoms with E-state index in [4.69, 9.17) is 11.6 Å². The van der Waals surface area contributed by atoms with Gasteiger partial charge in [0.15, 0.2) is 15.5 Å². The quantitative estimate of drug-likeness (QED) is 0.849. The maximum atomic E-state index is 11.8. The summed E-state index contributed by atoms with van der Waals surface area (Å²) in [6.07, 6.45) is 5.71. The van der Waals surface area contributed by atoms with Crippen LogP contribution in [0.5, 0.6) is 0 Å². The molecule has 4 nitrogen and oxygen atoms in total. The predicted molar refractivity (Wildman–Crippen MR) is 70.7 cm³/mol. The van der Waals surface area contributed by atoms with Gasteiger partial charge in [-0.05, 0) is 25.0 Å². The number of hydrogen-bond acceptors (Lipinski definition) is 3. The molecule has 2 aromatic heterocycles. The van der Waals surface area contributed by atoms with E-state index in [-0.39, 0.29) is 5.25 Å². The molecule has 0 radical (unpaired) electrons. The minimum absolute atomic E-state index is 0.277. The van der Waals surface area contributed by atoms with E-state index < -0.39 is 9.84 Å². The highest BCUT2D eigenvalue weighted by molar-refractivity contribution is 7.92. The summed E-state index contributed by atoms with van der Waals surface area (Å²) in [5, 5.41) is 0.305. The number of hydrogen-bond donors (Lipinski definition) is 0. The van der Waals surface area contributed by atoms with Crippen molar-refractivity contribution in [3.05, 3.63) is 35.2 Å². The molecule has 96 valence electrons. The molecule has 0 N–H and O–H groups in total. The van der Waals surface area contributed by atoms with E-state index in [2.05, 4.69) is 4.98 Å². The van der Waals surface area contributed by atoms with Crippen molar-refractivity contribution in [2.45, 2.75) is 24.5 Å². The Morgan fingerprint density at radius 3 is 3.00 bits per heavy atom. The van der Waals surface area contributed by atoms with Gasteiger partial charge in [0, 0.05) is 18.8 Å². The number of imidazole rings is 1. The SMILES string of the molecule is O=S1(=O)CCCC1Cc1cn2cccc(Cl)c2n1. The number of halogens is 1. The average molecular weight is 285 g/mol. The lowest BCUT2D eigenvalue weighted by atomic mass is 10.2. The number of pyridine rings is 1. The lowest BCUT2D eigenvalue weighted by Crippen LogP contribution is -2.18. The summed E-state index contributed by atoms with van der Waals surface area (Å²) in [5.41, 5.74) is 1.48. The van der Waals surface area contributed by atoms with Crippen LogP contribution in [0.3, 0.4) is 0 Å². The van der Waals surface area contributed by atoms with Gasteiger partial charge in [-0.3, -0.25) is 0 Å². The standard InChI is InChI=1S/C12H13ClN2O2S/c13-11-4-1-5-15-8-9(14-12(11)15)7-10-3-2-6-18(10,16)17/h1,4-5,8,10H,2-3,6-7H2. The maximum absolute atomic E-state index is 11.8. The highest BCUT2D eigenvalue weighted by atomic mass is 35.5. The van der Waals surface area contributed by atoms with Crippen LogP contribution in [0.15, 0.2) is 24.5 Å². The van der Waals surface area contributed by atoms with Crippen LogP contribution >= 0.6 is 11.6 Å². The summed E-state index contributed by atoms with van der Waals surface area (Å²) in [6.45, 7) is 0. The van der Waals surface area contributed by atoms with Gasteiger partial charge in [0.2, 0.25) is 0 Å². The van der Waals surface area contributed by atoms with Gasteiger partial charge in [-0.15, -0.1) is 0 Å². The van der Waals surface area contributed by atoms with Gasteiger partial charge in [-0.2, -0.15) is 0 Å². The summed E-state index contributed by atoms with van der Waals surface area (Å²) in [6, 6.07) is 3.62. The maximum Gasteiger partial charge on any atom is 0.155 e. The molecule has 1 aliphatic rings. The predicted octanol–water partition coefficient (Wildman–Crippen LogP) is 2.11. The highest BCUT2D eigenvalue weighted by Crippen LogP contribution is 2.24. The summed E-state index contributed by atoms with van der Waals surface area (Å²) in [7, 11) is -2.92. The molecule has 1 fully saturated rings. The Morgan fingerprint density at radius 2 is 2.33 bits per heavy atom. The summed E-state index contributed by atoms with van der Waals surface area (Å²) >= 11 is 6.04. The lowest BCUT2D eigenvalue weighted by Gasteiger charge is -2.05. The van der Waals surface area contributed by atoms with Crippen LogP contribution in [0, 0.1) is 0 Å². The van der Waals surface area contributed by atoms with Gasteiger partial charge in [-0.25, -0.2) is 13.4 Å². The van der Waals surface area contributed by atoms with Crippen molar-refractivity contribution in [3.63, 3.8) is 0 Å². The van der Waals surface area contributed by atoms with Crippen LogP contribution in [0.4, 0.5) is 0 Å². The normalized spacial score (nSPS) is 22.6. The Bertz CT molecular complexity index is 693. The first-order valence-corrected chi connectivity index (χ1v) is 7.99. The Kier molecular flexibility index (Phi) is 2.83. The van der Waals surface area contributed by atoms with Crippen molar-refractivity contribution in [3.8, 4) is 0 Å². The summed E-state index contributed by atoms with van der Waals surface area (Å²) in [5.74, 6) is 0.311. The number of fused-ring (bicyclic) bond motifs is 1. The van der Waals surface area contributed by atoms with Crippen molar-refractivity contribution < 1.29 is 8.42 Å². The fourth-order valence-electron chi connectivity index (χ4n) is 2.45. The first kappa shape index (κ1) is 12.0. The van der Waals surface area contributed by atoms with Crippen LogP contribution in [-0.2, 0) is 16.3 Å². The van der Waals surface area contributed by atoms with Gasteiger partial charge in [0.05, 0.1) is 21.7 Å². The second kappa shape index (κ2) is 4.24. The van der Waals surface area contributed by atoms with E-state index in [1.807, 2.05) is 22.9 Å². The van der Waals surface area contributed by atoms with Crippen molar-refractivity contribution >= 4 is 27.1 Å². The molecule has 0 amide bonds. The smallest absolute Gasteiger partial charge is 0.155 e. The van der Waals surface area contributed by atoms with Gasteiger partial charge in [-0.1, -0.05) is 11.6 Å². The van der Waals surface area contributed by atoms with E-state index in [0.717, 1.165) is 18.5 Å². The number of aromatic nitrogens is 2. The van der Waals surface area contributed by atoms with E-state index in [9.17, 15) is 8.42 Å². The second-order valence-electron chi connectivity index (χ2n) is 4.65. The van der Waals surface area contributed by atoms with Gasteiger partial charge in [0.25, 0.3) is 0 Å². The zero-order valence-electron chi connectivity index (χ0n) is 9.71. The van der Waals surface area contributed by atoms with Crippen LogP contribution in [0.25, 0.3) is 5.65 Å². The zero-order valence-corrected chi connectivity index (χ0v) is 11.3. The molecule has 0 aliphatic carbocycles. The van der Waals surface area contributed by atoms with Gasteiger partial charge in [0.1, 0.15) is 0 Å². The van der Waals surface area contributed by atoms with Crippen molar-refractivity contribution in [2.24, 2.45) is 0 Å². The minimum Gasteiger partial charge on any atom is -0.306 e. The first-order chi connectivity index (χ1) is 8.56. The molecule has 6 heteroatoms. The third-order valence-corrected chi connectivity index (χ3v) is 5.96. The summed E-state index contributed by atoms with van der Waals surface area (Å²) in [4.78, 5) is 4.41. The number of sulfone groups is 1. The minimum atomic E-state index is -2.92. The molecular formula is C12H13ClN2O2S. The van der Waals surface area contributed by atoms with E-state index in [1.54, 1.807) is 6.07 Å². The van der Waals surface area contributed by atoms with Crippen LogP contribution < -0.4 is 0 Å².